The van der Waals surface area contributed by atoms with Crippen LogP contribution in [0.5, 0.6) is 0 Å². The quantitative estimate of drug-likeness (QED) is 0.537. The van der Waals surface area contributed by atoms with E-state index in [0.29, 0.717) is 37.0 Å². The first-order valence-corrected chi connectivity index (χ1v) is 8.76. The molecule has 4 saturated carbocycles. The van der Waals surface area contributed by atoms with E-state index in [2.05, 4.69) is 5.16 Å². The summed E-state index contributed by atoms with van der Waals surface area (Å²) in [4.78, 5) is 5.17. The molecule has 0 unspecified atom stereocenters. The van der Waals surface area contributed by atoms with Gasteiger partial charge in [0, 0.05) is 5.41 Å². The van der Waals surface area contributed by atoms with Gasteiger partial charge in [0.15, 0.2) is 5.71 Å². The summed E-state index contributed by atoms with van der Waals surface area (Å²) in [6.45, 7) is 0.0762. The molecule has 4 fully saturated rings. The van der Waals surface area contributed by atoms with E-state index in [9.17, 15) is 13.2 Å². The standard InChI is InChI=1S/C19H22F3NO/c20-19(21,22)17(23-24-12-13-4-2-1-3-5-13)18-9-14-6-15(10-18)8-16(7-14)11-18/h1-5,14-16H,6-12H2/b23-17-. The molecule has 4 aliphatic carbocycles. The van der Waals surface area contributed by atoms with Gasteiger partial charge in [-0.3, -0.25) is 0 Å². The molecule has 5 heteroatoms. The molecule has 0 saturated heterocycles. The lowest BCUT2D eigenvalue weighted by Crippen LogP contribution is -2.53. The predicted molar refractivity (Wildman–Crippen MR) is 85.3 cm³/mol. The first-order chi connectivity index (χ1) is 11.4. The average molecular weight is 337 g/mol. The Balaban J connectivity index is 1.57. The Bertz CT molecular complexity index is 588. The molecule has 0 spiro atoms. The zero-order chi connectivity index (χ0) is 16.8. The van der Waals surface area contributed by atoms with Crippen LogP contribution in [0.1, 0.15) is 44.1 Å². The third-order valence-electron chi connectivity index (χ3n) is 6.04. The van der Waals surface area contributed by atoms with E-state index in [4.69, 9.17) is 4.84 Å². The first kappa shape index (κ1) is 16.0. The Labute approximate surface area is 140 Å². The van der Waals surface area contributed by atoms with Crippen LogP contribution in [0, 0.1) is 23.2 Å². The normalized spacial score (nSPS) is 35.3. The van der Waals surface area contributed by atoms with Gasteiger partial charge in [0.05, 0.1) is 0 Å². The Morgan fingerprint density at radius 1 is 1.00 bits per heavy atom. The van der Waals surface area contributed by atoms with Crippen LogP contribution >= 0.6 is 0 Å². The monoisotopic (exact) mass is 337 g/mol. The van der Waals surface area contributed by atoms with Gasteiger partial charge in [-0.05, 0) is 61.8 Å². The molecule has 130 valence electrons. The van der Waals surface area contributed by atoms with Crippen molar-refractivity contribution in [3.63, 3.8) is 0 Å². The Morgan fingerprint density at radius 2 is 1.54 bits per heavy atom. The number of hydrogen-bond acceptors (Lipinski definition) is 2. The minimum Gasteiger partial charge on any atom is -0.391 e. The molecule has 0 heterocycles. The third kappa shape index (κ3) is 2.93. The van der Waals surface area contributed by atoms with Crippen molar-refractivity contribution < 1.29 is 18.0 Å². The molecule has 24 heavy (non-hydrogen) atoms. The van der Waals surface area contributed by atoms with Gasteiger partial charge >= 0.3 is 6.18 Å². The van der Waals surface area contributed by atoms with Crippen LogP contribution in [-0.2, 0) is 11.4 Å². The number of hydrogen-bond donors (Lipinski definition) is 0. The molecule has 4 bridgehead atoms. The van der Waals surface area contributed by atoms with Crippen LogP contribution in [0.25, 0.3) is 0 Å². The summed E-state index contributed by atoms with van der Waals surface area (Å²) in [5, 5.41) is 3.67. The van der Waals surface area contributed by atoms with Gasteiger partial charge in [-0.15, -0.1) is 0 Å². The first-order valence-electron chi connectivity index (χ1n) is 8.76. The Kier molecular flexibility index (Phi) is 3.85. The van der Waals surface area contributed by atoms with E-state index >= 15 is 0 Å². The van der Waals surface area contributed by atoms with Crippen LogP contribution in [0.3, 0.4) is 0 Å². The van der Waals surface area contributed by atoms with Crippen molar-refractivity contribution in [1.29, 1.82) is 0 Å². The van der Waals surface area contributed by atoms with Crippen LogP contribution in [-0.4, -0.2) is 11.9 Å². The minimum absolute atomic E-state index is 0.0762. The molecule has 0 aliphatic heterocycles. The zero-order valence-corrected chi connectivity index (χ0v) is 13.6. The fraction of sp³-hybridized carbons (Fsp3) is 0.632. The highest BCUT2D eigenvalue weighted by molar-refractivity contribution is 5.95. The minimum atomic E-state index is -4.41. The maximum absolute atomic E-state index is 13.7. The summed E-state index contributed by atoms with van der Waals surface area (Å²) >= 11 is 0. The molecule has 0 atom stereocenters. The summed E-state index contributed by atoms with van der Waals surface area (Å²) in [5.41, 5.74) is -0.637. The summed E-state index contributed by atoms with van der Waals surface area (Å²) < 4.78 is 41.2. The number of alkyl halides is 3. The van der Waals surface area contributed by atoms with Gasteiger partial charge in [-0.2, -0.15) is 13.2 Å². The van der Waals surface area contributed by atoms with Gasteiger partial charge in [0.1, 0.15) is 6.61 Å². The molecule has 1 aromatic rings. The van der Waals surface area contributed by atoms with Crippen molar-refractivity contribution in [3.8, 4) is 0 Å². The van der Waals surface area contributed by atoms with Gasteiger partial charge in [0.25, 0.3) is 0 Å². The number of oxime groups is 1. The highest BCUT2D eigenvalue weighted by atomic mass is 19.4. The van der Waals surface area contributed by atoms with Gasteiger partial charge < -0.3 is 4.84 Å². The second kappa shape index (κ2) is 5.78. The second-order valence-corrected chi connectivity index (χ2v) is 7.89. The highest BCUT2D eigenvalue weighted by Gasteiger charge is 2.59. The number of halogens is 3. The van der Waals surface area contributed by atoms with E-state index in [1.54, 1.807) is 0 Å². The van der Waals surface area contributed by atoms with Crippen molar-refractivity contribution in [2.45, 2.75) is 51.3 Å². The summed E-state index contributed by atoms with van der Waals surface area (Å²) in [6, 6.07) is 9.20. The topological polar surface area (TPSA) is 21.6 Å². The van der Waals surface area contributed by atoms with Gasteiger partial charge in [-0.25, -0.2) is 0 Å². The van der Waals surface area contributed by atoms with E-state index < -0.39 is 17.3 Å². The van der Waals surface area contributed by atoms with Crippen molar-refractivity contribution in [2.24, 2.45) is 28.3 Å². The van der Waals surface area contributed by atoms with Crippen LogP contribution in [0.2, 0.25) is 0 Å². The van der Waals surface area contributed by atoms with E-state index in [0.717, 1.165) is 24.8 Å². The highest BCUT2D eigenvalue weighted by Crippen LogP contribution is 2.61. The van der Waals surface area contributed by atoms with E-state index in [-0.39, 0.29) is 6.61 Å². The van der Waals surface area contributed by atoms with Crippen molar-refractivity contribution in [2.75, 3.05) is 0 Å². The van der Waals surface area contributed by atoms with Crippen molar-refractivity contribution in [3.05, 3.63) is 35.9 Å². The van der Waals surface area contributed by atoms with E-state index in [1.807, 2.05) is 30.3 Å². The maximum atomic E-state index is 13.7. The molecule has 0 aromatic heterocycles. The van der Waals surface area contributed by atoms with Crippen LogP contribution in [0.15, 0.2) is 35.5 Å². The average Bonchev–Trinajstić information content (AvgIpc) is 2.50. The number of rotatable bonds is 4. The molecule has 5 rings (SSSR count). The molecule has 4 aliphatic rings. The lowest BCUT2D eigenvalue weighted by Gasteiger charge is -2.56. The van der Waals surface area contributed by atoms with E-state index in [1.165, 1.54) is 0 Å². The molecule has 1 aromatic carbocycles. The van der Waals surface area contributed by atoms with Gasteiger partial charge in [-0.1, -0.05) is 35.5 Å². The summed E-state index contributed by atoms with van der Waals surface area (Å²) in [7, 11) is 0. The Hall–Kier alpha value is -1.52. The molecule has 0 N–H and O–H groups in total. The molecule has 0 amide bonds. The lowest BCUT2D eigenvalue weighted by molar-refractivity contribution is -0.0907. The summed E-state index contributed by atoms with van der Waals surface area (Å²) in [6.07, 6.45) is 0.798. The Morgan fingerprint density at radius 3 is 2.04 bits per heavy atom. The number of nitrogens with zero attached hydrogens (tertiary/aromatic N) is 1. The molecular weight excluding hydrogens is 315 g/mol. The van der Waals surface area contributed by atoms with Crippen LogP contribution < -0.4 is 0 Å². The van der Waals surface area contributed by atoms with Crippen LogP contribution in [0.4, 0.5) is 13.2 Å². The van der Waals surface area contributed by atoms with Gasteiger partial charge in [0.2, 0.25) is 0 Å². The predicted octanol–water partition coefficient (Wildman–Crippen LogP) is 5.34. The summed E-state index contributed by atoms with van der Waals surface area (Å²) in [5.74, 6) is 1.33. The largest absolute Gasteiger partial charge is 0.433 e. The van der Waals surface area contributed by atoms with Crippen molar-refractivity contribution in [1.82, 2.24) is 0 Å². The zero-order valence-electron chi connectivity index (χ0n) is 13.6. The smallest absolute Gasteiger partial charge is 0.391 e. The maximum Gasteiger partial charge on any atom is 0.433 e. The molecular formula is C19H22F3NO. The third-order valence-corrected chi connectivity index (χ3v) is 6.04. The lowest BCUT2D eigenvalue weighted by atomic mass is 9.48. The number of benzene rings is 1. The molecule has 0 radical (unpaired) electrons. The fourth-order valence-corrected chi connectivity index (χ4v) is 5.60. The fourth-order valence-electron chi connectivity index (χ4n) is 5.60. The van der Waals surface area contributed by atoms with Crippen molar-refractivity contribution >= 4 is 5.71 Å². The SMILES string of the molecule is FC(F)(F)/C(=N\OCc1ccccc1)C12CC3CC(CC(C3)C1)C2. The molecule has 2 nitrogen and oxygen atoms in total. The second-order valence-electron chi connectivity index (χ2n) is 7.89.